The van der Waals surface area contributed by atoms with Crippen molar-refractivity contribution >= 4 is 21.5 Å². The number of rotatable bonds is 1. The van der Waals surface area contributed by atoms with E-state index in [1.54, 1.807) is 0 Å². The van der Waals surface area contributed by atoms with E-state index in [4.69, 9.17) is 0 Å². The van der Waals surface area contributed by atoms with Gasteiger partial charge in [-0.3, -0.25) is 6.08 Å². The van der Waals surface area contributed by atoms with E-state index in [0.29, 0.717) is 0 Å². The van der Waals surface area contributed by atoms with Gasteiger partial charge in [0.2, 0.25) is 0 Å². The molecule has 0 radical (unpaired) electrons. The fraction of sp³-hybridized carbons (Fsp3) is 0.0870. The van der Waals surface area contributed by atoms with Crippen LogP contribution in [0.4, 0.5) is 0 Å². The summed E-state index contributed by atoms with van der Waals surface area (Å²) >= 11 is 0. The van der Waals surface area contributed by atoms with Crippen molar-refractivity contribution in [1.29, 1.82) is 0 Å². The van der Waals surface area contributed by atoms with E-state index < -0.39 is 0 Å². The molecule has 0 fully saturated rings. The van der Waals surface area contributed by atoms with Crippen LogP contribution in [0.1, 0.15) is 13.3 Å². The van der Waals surface area contributed by atoms with Crippen LogP contribution in [0, 0.1) is 6.08 Å². The summed E-state index contributed by atoms with van der Waals surface area (Å²) in [5.74, 6) is 0. The number of nitrogens with zero attached hydrogens (tertiary/aromatic N) is 1. The van der Waals surface area contributed by atoms with Crippen molar-refractivity contribution in [2.24, 2.45) is 0 Å². The maximum absolute atomic E-state index is 3.12. The average Bonchev–Trinajstić information content (AvgIpc) is 3.33. The number of allylic oxidation sites excluding steroid dienone is 4. The molecule has 3 aromatic carbocycles. The standard InChI is InChI=1S/C17H12N.C6H7.2ClH.Zr/c1-2-7-15-12-18(11-14(15)6-1)17-10-9-13-5-3-4-8-16(13)17;1-6-4-2-3-5-6;;;/h1-12H;2,4H,3H2,1H3;2*1H;/q2*-1;;;+4/p-2. The molecule has 0 N–H and O–H groups in total. The largest absolute Gasteiger partial charge is 4.00 e. The number of fused-ring (bicyclic) bond motifs is 2. The third kappa shape index (κ3) is 5.29. The van der Waals surface area contributed by atoms with Crippen LogP contribution < -0.4 is 24.8 Å². The van der Waals surface area contributed by atoms with Crippen molar-refractivity contribution in [2.75, 3.05) is 0 Å². The van der Waals surface area contributed by atoms with Gasteiger partial charge >= 0.3 is 26.2 Å². The second kappa shape index (κ2) is 10.8. The Kier molecular flexibility index (Phi) is 9.39. The third-order valence-corrected chi connectivity index (χ3v) is 4.35. The van der Waals surface area contributed by atoms with Gasteiger partial charge < -0.3 is 29.4 Å². The molecule has 0 atom stereocenters. The summed E-state index contributed by atoms with van der Waals surface area (Å²) in [6.07, 6.45) is 12.7. The molecule has 0 saturated carbocycles. The molecular weight excluding hydrogens is 452 g/mol. The van der Waals surface area contributed by atoms with Gasteiger partial charge in [0, 0.05) is 0 Å². The second-order valence-electron chi connectivity index (χ2n) is 6.07. The molecule has 0 bridgehead atoms. The van der Waals surface area contributed by atoms with Crippen LogP contribution in [-0.2, 0) is 26.2 Å². The summed E-state index contributed by atoms with van der Waals surface area (Å²) in [7, 11) is 0. The summed E-state index contributed by atoms with van der Waals surface area (Å²) in [4.78, 5) is 0. The fourth-order valence-corrected chi connectivity index (χ4v) is 3.10. The molecule has 0 spiro atoms. The quantitative estimate of drug-likeness (QED) is 0.350. The summed E-state index contributed by atoms with van der Waals surface area (Å²) in [5, 5.41) is 5.16. The van der Waals surface area contributed by atoms with Crippen LogP contribution >= 0.6 is 0 Å². The molecule has 0 unspecified atom stereocenters. The molecule has 5 rings (SSSR count). The number of benzene rings is 2. The monoisotopic (exact) mass is 469 g/mol. The normalized spacial score (nSPS) is 11.7. The molecule has 4 heteroatoms. The zero-order valence-electron chi connectivity index (χ0n) is 15.0. The summed E-state index contributed by atoms with van der Waals surface area (Å²) in [6, 6.07) is 21.3. The molecule has 1 aliphatic rings. The Morgan fingerprint density at radius 1 is 0.852 bits per heavy atom. The molecule has 1 aliphatic carbocycles. The molecule has 134 valence electrons. The zero-order valence-corrected chi connectivity index (χ0v) is 19.0. The van der Waals surface area contributed by atoms with Gasteiger partial charge in [0.15, 0.2) is 0 Å². The van der Waals surface area contributed by atoms with Gasteiger partial charge in [-0.15, -0.1) is 18.6 Å². The van der Waals surface area contributed by atoms with Crippen molar-refractivity contribution in [2.45, 2.75) is 13.3 Å². The van der Waals surface area contributed by atoms with E-state index in [9.17, 15) is 0 Å². The second-order valence-corrected chi connectivity index (χ2v) is 6.07. The van der Waals surface area contributed by atoms with E-state index in [2.05, 4.69) is 103 Å². The minimum absolute atomic E-state index is 0. The van der Waals surface area contributed by atoms with Gasteiger partial charge in [0.25, 0.3) is 0 Å². The SMILES string of the molecule is CC1=[C-]CC=C1.[Cl-].[Cl-].[Zr+4].c1ccc2cn(-[c-]3ccc4ccccc43)cc2c1. The molecule has 0 amide bonds. The number of hydrogen-bond donors (Lipinski definition) is 0. The predicted molar refractivity (Wildman–Crippen MR) is 103 cm³/mol. The van der Waals surface area contributed by atoms with Gasteiger partial charge in [0.05, 0.1) is 0 Å². The molecule has 0 aliphatic heterocycles. The number of halogens is 2. The topological polar surface area (TPSA) is 4.93 Å². The van der Waals surface area contributed by atoms with Gasteiger partial charge in [-0.2, -0.15) is 6.08 Å². The van der Waals surface area contributed by atoms with E-state index in [1.807, 2.05) is 0 Å². The van der Waals surface area contributed by atoms with E-state index in [-0.39, 0.29) is 51.0 Å². The van der Waals surface area contributed by atoms with Crippen molar-refractivity contribution in [3.05, 3.63) is 96.9 Å². The Bertz CT molecular complexity index is 1020. The first-order chi connectivity index (χ1) is 11.8. The maximum atomic E-state index is 3.12. The predicted octanol–water partition coefficient (Wildman–Crippen LogP) is 0.204. The first-order valence-corrected chi connectivity index (χ1v) is 8.27. The van der Waals surface area contributed by atoms with Crippen LogP contribution in [0.3, 0.4) is 0 Å². The summed E-state index contributed by atoms with van der Waals surface area (Å²) in [5.41, 5.74) is 2.52. The Morgan fingerprint density at radius 3 is 1.96 bits per heavy atom. The first-order valence-electron chi connectivity index (χ1n) is 8.27. The third-order valence-electron chi connectivity index (χ3n) is 4.35. The molecule has 1 aromatic heterocycles. The molecule has 1 heterocycles. The van der Waals surface area contributed by atoms with Crippen LogP contribution in [-0.4, -0.2) is 4.57 Å². The van der Waals surface area contributed by atoms with Crippen molar-refractivity contribution < 1.29 is 51.0 Å². The van der Waals surface area contributed by atoms with Crippen LogP contribution in [0.25, 0.3) is 27.2 Å². The average molecular weight is 472 g/mol. The molecule has 1 nitrogen and oxygen atoms in total. The Hall–Kier alpha value is -1.47. The number of hydrogen-bond acceptors (Lipinski definition) is 0. The van der Waals surface area contributed by atoms with E-state index in [1.165, 1.54) is 32.8 Å². The van der Waals surface area contributed by atoms with Crippen molar-refractivity contribution in [3.8, 4) is 5.69 Å². The van der Waals surface area contributed by atoms with Crippen LogP contribution in [0.2, 0.25) is 0 Å². The molecule has 4 aromatic rings. The van der Waals surface area contributed by atoms with Crippen LogP contribution in [0.15, 0.2) is 90.8 Å². The summed E-state index contributed by atoms with van der Waals surface area (Å²) in [6.45, 7) is 2.06. The minimum Gasteiger partial charge on any atom is -1.00 e. The van der Waals surface area contributed by atoms with Crippen molar-refractivity contribution in [3.63, 3.8) is 0 Å². The first kappa shape index (κ1) is 23.6. The smallest absolute Gasteiger partial charge is 1.00 e. The van der Waals surface area contributed by atoms with Gasteiger partial charge in [0.1, 0.15) is 0 Å². The fourth-order valence-electron chi connectivity index (χ4n) is 3.10. The van der Waals surface area contributed by atoms with Gasteiger partial charge in [-0.25, -0.2) is 11.6 Å². The van der Waals surface area contributed by atoms with E-state index in [0.717, 1.165) is 6.42 Å². The van der Waals surface area contributed by atoms with Crippen molar-refractivity contribution in [1.82, 2.24) is 4.57 Å². The van der Waals surface area contributed by atoms with Gasteiger partial charge in [-0.1, -0.05) is 66.2 Å². The van der Waals surface area contributed by atoms with E-state index >= 15 is 0 Å². The molecule has 27 heavy (non-hydrogen) atoms. The Balaban J connectivity index is 0.000000354. The zero-order chi connectivity index (χ0) is 16.4. The van der Waals surface area contributed by atoms with Crippen LogP contribution in [0.5, 0.6) is 0 Å². The Morgan fingerprint density at radius 2 is 1.44 bits per heavy atom. The molecule has 0 saturated heterocycles. The summed E-state index contributed by atoms with van der Waals surface area (Å²) < 4.78 is 2.22. The Labute approximate surface area is 192 Å². The number of aromatic nitrogens is 1. The maximum Gasteiger partial charge on any atom is 4.00 e. The molecular formula is C23H19Cl2NZr. The van der Waals surface area contributed by atoms with Gasteiger partial charge in [-0.05, 0) is 28.9 Å². The minimum atomic E-state index is 0.